The van der Waals surface area contributed by atoms with Gasteiger partial charge in [0.05, 0.1) is 52.0 Å². The minimum Gasteiger partial charge on any atom is -0.478 e. The fraction of sp³-hybridized carbons (Fsp3) is 0.222. The summed E-state index contributed by atoms with van der Waals surface area (Å²) in [6.45, 7) is 2.64. The summed E-state index contributed by atoms with van der Waals surface area (Å²) in [5.74, 6) is -4.18. The molecule has 41 heavy (non-hydrogen) atoms. The molecule has 5 rings (SSSR count). The molecule has 0 spiro atoms. The van der Waals surface area contributed by atoms with Gasteiger partial charge in [-0.1, -0.05) is 17.7 Å². The Balaban J connectivity index is 1.73. The maximum absolute atomic E-state index is 15.1. The molecular weight excluding hydrogens is 572 g/mol. The Morgan fingerprint density at radius 3 is 2.51 bits per heavy atom. The van der Waals surface area contributed by atoms with Gasteiger partial charge in [0.15, 0.2) is 0 Å². The van der Waals surface area contributed by atoms with Gasteiger partial charge in [0.2, 0.25) is 0 Å². The molecular formula is C27H19ClF4N4O5. The first-order valence-electron chi connectivity index (χ1n) is 12.1. The number of nitrogens with zero attached hydrogens (tertiary/aromatic N) is 4. The van der Waals surface area contributed by atoms with E-state index in [0.717, 1.165) is 30.3 Å². The molecule has 2 aromatic carbocycles. The number of ether oxygens (including phenoxy) is 1. The van der Waals surface area contributed by atoms with E-state index in [0.29, 0.717) is 24.0 Å². The van der Waals surface area contributed by atoms with E-state index in [9.17, 15) is 32.7 Å². The summed E-state index contributed by atoms with van der Waals surface area (Å²) in [4.78, 5) is 44.0. The number of alkyl halides is 3. The highest BCUT2D eigenvalue weighted by molar-refractivity contribution is 6.34. The minimum absolute atomic E-state index is 0.00338. The van der Waals surface area contributed by atoms with Crippen molar-refractivity contribution in [1.29, 1.82) is 0 Å². The zero-order chi connectivity index (χ0) is 29.6. The molecule has 4 aromatic rings. The summed E-state index contributed by atoms with van der Waals surface area (Å²) in [7, 11) is 0. The normalized spacial score (nSPS) is 15.8. The van der Waals surface area contributed by atoms with Gasteiger partial charge < -0.3 is 14.7 Å². The Bertz CT molecular complexity index is 1720. The number of aromatic carboxylic acids is 1. The number of hydrogen-bond acceptors (Lipinski definition) is 6. The second-order valence-corrected chi connectivity index (χ2v) is 9.65. The van der Waals surface area contributed by atoms with Gasteiger partial charge in [0.1, 0.15) is 17.0 Å². The van der Waals surface area contributed by atoms with Gasteiger partial charge in [0.25, 0.3) is 11.8 Å². The number of fused-ring (bicyclic) bond motifs is 1. The fourth-order valence-corrected chi connectivity index (χ4v) is 4.83. The quantitative estimate of drug-likeness (QED) is 0.327. The van der Waals surface area contributed by atoms with Crippen molar-refractivity contribution in [2.24, 2.45) is 0 Å². The fourth-order valence-electron chi connectivity index (χ4n) is 4.57. The molecule has 1 fully saturated rings. The van der Waals surface area contributed by atoms with Crippen LogP contribution in [0, 0.1) is 5.82 Å². The van der Waals surface area contributed by atoms with Gasteiger partial charge in [-0.2, -0.15) is 23.0 Å². The van der Waals surface area contributed by atoms with Crippen molar-refractivity contribution in [1.82, 2.24) is 19.7 Å². The first-order valence-corrected chi connectivity index (χ1v) is 12.5. The first-order chi connectivity index (χ1) is 19.4. The van der Waals surface area contributed by atoms with Crippen molar-refractivity contribution in [3.8, 4) is 11.3 Å². The van der Waals surface area contributed by atoms with Gasteiger partial charge in [-0.05, 0) is 43.3 Å². The van der Waals surface area contributed by atoms with Crippen molar-refractivity contribution in [2.75, 3.05) is 19.8 Å². The number of carbonyl (C=O) groups excluding carboxylic acids is 2. The number of carbonyl (C=O) groups is 3. The van der Waals surface area contributed by atoms with Gasteiger partial charge in [-0.15, -0.1) is 0 Å². The Labute approximate surface area is 233 Å². The Kier molecular flexibility index (Phi) is 7.26. The van der Waals surface area contributed by atoms with Crippen molar-refractivity contribution in [3.63, 3.8) is 0 Å². The van der Waals surface area contributed by atoms with E-state index in [4.69, 9.17) is 16.3 Å². The number of hydrogen-bond donors (Lipinski definition) is 1. The van der Waals surface area contributed by atoms with Crippen LogP contribution in [0.25, 0.3) is 22.3 Å². The second-order valence-electron chi connectivity index (χ2n) is 9.24. The minimum atomic E-state index is -4.95. The molecule has 1 N–H and O–H groups in total. The topological polar surface area (TPSA) is 115 Å². The molecule has 0 aliphatic carbocycles. The number of carboxylic acid groups (broad SMARTS) is 1. The summed E-state index contributed by atoms with van der Waals surface area (Å²) < 4.78 is 62.5. The number of halogens is 5. The van der Waals surface area contributed by atoms with E-state index in [-0.39, 0.29) is 46.0 Å². The van der Waals surface area contributed by atoms with Crippen molar-refractivity contribution in [2.45, 2.75) is 19.1 Å². The molecule has 0 bridgehead atoms. The molecule has 1 saturated heterocycles. The van der Waals surface area contributed by atoms with Gasteiger partial charge in [0, 0.05) is 18.3 Å². The maximum atomic E-state index is 15.1. The molecule has 1 aliphatic heterocycles. The second kappa shape index (κ2) is 10.6. The largest absolute Gasteiger partial charge is 0.478 e. The Morgan fingerprint density at radius 1 is 1.10 bits per heavy atom. The summed E-state index contributed by atoms with van der Waals surface area (Å²) in [6.07, 6.45) is -3.76. The van der Waals surface area contributed by atoms with E-state index in [2.05, 4.69) is 10.1 Å². The lowest BCUT2D eigenvalue weighted by Crippen LogP contribution is -2.47. The van der Waals surface area contributed by atoms with Crippen molar-refractivity contribution in [3.05, 3.63) is 81.8 Å². The van der Waals surface area contributed by atoms with Crippen LogP contribution in [0.2, 0.25) is 5.02 Å². The average molecular weight is 591 g/mol. The molecule has 212 valence electrons. The monoisotopic (exact) mass is 590 g/mol. The van der Waals surface area contributed by atoms with E-state index < -0.39 is 45.9 Å². The molecule has 1 aliphatic rings. The molecule has 14 heteroatoms. The standard InChI is InChI=1S/C27H19ClF4N4O5/c1-13-12-41-8-7-35(13)24(37)15-10-20-23(33-11-15)22(16-6-5-14(26(39)40)9-19(16)29)34-36(20)25(38)21-17(27(30,31)32)3-2-4-18(21)28/h2-6,9-11,13H,7-8,12H2,1H3,(H,39,40). The predicted molar refractivity (Wildman–Crippen MR) is 137 cm³/mol. The van der Waals surface area contributed by atoms with Crippen LogP contribution < -0.4 is 0 Å². The summed E-state index contributed by atoms with van der Waals surface area (Å²) >= 11 is 6.06. The third-order valence-corrected chi connectivity index (χ3v) is 6.91. The van der Waals surface area contributed by atoms with E-state index in [1.807, 2.05) is 0 Å². The van der Waals surface area contributed by atoms with Crippen LogP contribution in [0.3, 0.4) is 0 Å². The number of rotatable bonds is 4. The molecule has 9 nitrogen and oxygen atoms in total. The smallest absolute Gasteiger partial charge is 0.417 e. The maximum Gasteiger partial charge on any atom is 0.417 e. The van der Waals surface area contributed by atoms with E-state index >= 15 is 4.39 Å². The highest BCUT2D eigenvalue weighted by atomic mass is 35.5. The number of morpholine rings is 1. The van der Waals surface area contributed by atoms with E-state index in [1.165, 1.54) is 17.2 Å². The Hall–Kier alpha value is -4.36. The highest BCUT2D eigenvalue weighted by Crippen LogP contribution is 2.37. The lowest BCUT2D eigenvalue weighted by atomic mass is 10.1. The number of carboxylic acids is 1. The molecule has 0 saturated carbocycles. The molecule has 0 radical (unpaired) electrons. The van der Waals surface area contributed by atoms with Crippen LogP contribution in [-0.2, 0) is 10.9 Å². The lowest BCUT2D eigenvalue weighted by Gasteiger charge is -2.33. The predicted octanol–water partition coefficient (Wildman–Crippen LogP) is 5.16. The average Bonchev–Trinajstić information content (AvgIpc) is 3.30. The van der Waals surface area contributed by atoms with Crippen LogP contribution in [0.5, 0.6) is 0 Å². The Morgan fingerprint density at radius 2 is 1.85 bits per heavy atom. The number of amides is 1. The summed E-state index contributed by atoms with van der Waals surface area (Å²) in [5, 5.41) is 12.8. The van der Waals surface area contributed by atoms with Crippen molar-refractivity contribution < 1.29 is 41.8 Å². The van der Waals surface area contributed by atoms with Crippen LogP contribution >= 0.6 is 11.6 Å². The molecule has 1 unspecified atom stereocenters. The van der Waals surface area contributed by atoms with Crippen LogP contribution in [-0.4, -0.2) is 68.4 Å². The first kappa shape index (κ1) is 28.2. The number of aromatic nitrogens is 3. The molecule has 1 amide bonds. The molecule has 3 heterocycles. The summed E-state index contributed by atoms with van der Waals surface area (Å²) in [6, 6.07) is 6.70. The van der Waals surface area contributed by atoms with E-state index in [1.54, 1.807) is 6.92 Å². The van der Waals surface area contributed by atoms with Gasteiger partial charge >= 0.3 is 12.1 Å². The van der Waals surface area contributed by atoms with Gasteiger partial charge in [-0.25, -0.2) is 9.18 Å². The number of pyridine rings is 1. The SMILES string of the molecule is CC1COCCN1C(=O)c1cnc2c(-c3ccc(C(=O)O)cc3F)nn(C(=O)c3c(Cl)cccc3C(F)(F)F)c2c1. The number of benzene rings is 2. The third kappa shape index (κ3) is 5.13. The molecule has 2 aromatic heterocycles. The van der Waals surface area contributed by atoms with Crippen LogP contribution in [0.1, 0.15) is 43.6 Å². The molecule has 1 atom stereocenters. The van der Waals surface area contributed by atoms with Crippen LogP contribution in [0.15, 0.2) is 48.7 Å². The van der Waals surface area contributed by atoms with Crippen molar-refractivity contribution >= 4 is 40.4 Å². The van der Waals surface area contributed by atoms with Crippen LogP contribution in [0.4, 0.5) is 17.6 Å². The zero-order valence-electron chi connectivity index (χ0n) is 21.1. The lowest BCUT2D eigenvalue weighted by molar-refractivity contribution is -0.137. The third-order valence-electron chi connectivity index (χ3n) is 6.59. The van der Waals surface area contributed by atoms with Gasteiger partial charge in [-0.3, -0.25) is 14.6 Å². The summed E-state index contributed by atoms with van der Waals surface area (Å²) in [5.41, 5.74) is -3.42. The highest BCUT2D eigenvalue weighted by Gasteiger charge is 2.38. The zero-order valence-corrected chi connectivity index (χ0v) is 21.8.